The lowest BCUT2D eigenvalue weighted by Gasteiger charge is -2.48. The maximum atomic E-state index is 3.87. The topological polar surface area (TPSA) is 15.3 Å². The highest BCUT2D eigenvalue weighted by atomic mass is 15.3. The predicted molar refractivity (Wildman–Crippen MR) is 89.3 cm³/mol. The number of nitrogens with one attached hydrogen (secondary N) is 1. The number of hydrogen-bond acceptors (Lipinski definition) is 2. The fourth-order valence-electron chi connectivity index (χ4n) is 3.81. The van der Waals surface area contributed by atoms with Crippen molar-refractivity contribution >= 4 is 0 Å². The molecule has 0 aromatic heterocycles. The summed E-state index contributed by atoms with van der Waals surface area (Å²) in [7, 11) is 0. The lowest BCUT2D eigenvalue weighted by molar-refractivity contribution is 0.0462. The van der Waals surface area contributed by atoms with Crippen LogP contribution in [0.25, 0.3) is 0 Å². The zero-order valence-corrected chi connectivity index (χ0v) is 14.0. The van der Waals surface area contributed by atoms with E-state index in [9.17, 15) is 0 Å². The Morgan fingerprint density at radius 2 is 1.90 bits per heavy atom. The van der Waals surface area contributed by atoms with Crippen molar-refractivity contribution in [3.8, 4) is 0 Å². The Morgan fingerprint density at radius 3 is 2.48 bits per heavy atom. The fourth-order valence-corrected chi connectivity index (χ4v) is 3.81. The molecule has 2 unspecified atom stereocenters. The lowest BCUT2D eigenvalue weighted by Crippen LogP contribution is -2.64. The third-order valence-corrected chi connectivity index (χ3v) is 5.47. The van der Waals surface area contributed by atoms with Crippen LogP contribution in [0.1, 0.15) is 44.7 Å². The molecule has 1 heterocycles. The number of rotatable bonds is 4. The van der Waals surface area contributed by atoms with E-state index in [2.05, 4.69) is 62.2 Å². The molecule has 116 valence electrons. The van der Waals surface area contributed by atoms with Crippen LogP contribution in [0.15, 0.2) is 24.3 Å². The molecule has 2 aliphatic rings. The highest BCUT2D eigenvalue weighted by Crippen LogP contribution is 2.42. The summed E-state index contributed by atoms with van der Waals surface area (Å²) in [5, 5.41) is 3.87. The van der Waals surface area contributed by atoms with Gasteiger partial charge in [-0.2, -0.15) is 0 Å². The molecule has 2 heteroatoms. The number of nitrogens with zero attached hydrogens (tertiary/aromatic N) is 1. The standard InChI is InChI=1S/C19H30N2/c1-14(2)18-11-20-19(4,17-9-10-17)13-21(18)12-16-7-5-15(3)6-8-16/h5-8,14,17-18,20H,9-13H2,1-4H3. The summed E-state index contributed by atoms with van der Waals surface area (Å²) >= 11 is 0. The monoisotopic (exact) mass is 286 g/mol. The van der Waals surface area contributed by atoms with Gasteiger partial charge in [-0.05, 0) is 44.1 Å². The normalized spacial score (nSPS) is 30.8. The van der Waals surface area contributed by atoms with Crippen molar-refractivity contribution in [2.45, 2.75) is 58.7 Å². The average molecular weight is 286 g/mol. The molecule has 21 heavy (non-hydrogen) atoms. The van der Waals surface area contributed by atoms with Crippen LogP contribution in [0.4, 0.5) is 0 Å². The molecule has 3 rings (SSSR count). The van der Waals surface area contributed by atoms with E-state index in [4.69, 9.17) is 0 Å². The summed E-state index contributed by atoms with van der Waals surface area (Å²) in [5.74, 6) is 1.60. The summed E-state index contributed by atoms with van der Waals surface area (Å²) in [5.41, 5.74) is 3.13. The maximum Gasteiger partial charge on any atom is 0.0309 e. The molecule has 1 saturated carbocycles. The zero-order chi connectivity index (χ0) is 15.0. The molecule has 2 atom stereocenters. The molecule has 2 nitrogen and oxygen atoms in total. The summed E-state index contributed by atoms with van der Waals surface area (Å²) < 4.78 is 0. The first kappa shape index (κ1) is 15.1. The maximum absolute atomic E-state index is 3.87. The molecule has 1 aliphatic heterocycles. The molecule has 0 amide bonds. The SMILES string of the molecule is Cc1ccc(CN2CC(C)(C3CC3)NCC2C(C)C)cc1. The second-order valence-corrected chi connectivity index (χ2v) is 7.77. The molecule has 1 aromatic rings. The van der Waals surface area contributed by atoms with Gasteiger partial charge in [0.25, 0.3) is 0 Å². The van der Waals surface area contributed by atoms with E-state index in [1.165, 1.54) is 30.5 Å². The number of benzene rings is 1. The molecule has 1 N–H and O–H groups in total. The van der Waals surface area contributed by atoms with Crippen LogP contribution in [0, 0.1) is 18.8 Å². The van der Waals surface area contributed by atoms with Crippen LogP contribution in [-0.4, -0.2) is 29.6 Å². The van der Waals surface area contributed by atoms with Gasteiger partial charge in [0.2, 0.25) is 0 Å². The van der Waals surface area contributed by atoms with Gasteiger partial charge < -0.3 is 5.32 Å². The van der Waals surface area contributed by atoms with Crippen molar-refractivity contribution in [2.75, 3.05) is 13.1 Å². The molecule has 1 saturated heterocycles. The quantitative estimate of drug-likeness (QED) is 0.910. The van der Waals surface area contributed by atoms with Crippen LogP contribution in [0.2, 0.25) is 0 Å². The minimum Gasteiger partial charge on any atom is -0.308 e. The second kappa shape index (κ2) is 5.73. The smallest absolute Gasteiger partial charge is 0.0309 e. The Hall–Kier alpha value is -0.860. The van der Waals surface area contributed by atoms with Gasteiger partial charge in [0, 0.05) is 31.2 Å². The molecule has 0 radical (unpaired) electrons. The first-order valence-electron chi connectivity index (χ1n) is 8.52. The molecule has 0 bridgehead atoms. The van der Waals surface area contributed by atoms with Gasteiger partial charge in [-0.25, -0.2) is 0 Å². The van der Waals surface area contributed by atoms with Crippen molar-refractivity contribution in [2.24, 2.45) is 11.8 Å². The van der Waals surface area contributed by atoms with E-state index in [0.717, 1.165) is 19.0 Å². The number of aryl methyl sites for hydroxylation is 1. The zero-order valence-electron chi connectivity index (χ0n) is 14.0. The second-order valence-electron chi connectivity index (χ2n) is 7.77. The Balaban J connectivity index is 1.75. The van der Waals surface area contributed by atoms with Crippen LogP contribution in [0.3, 0.4) is 0 Å². The van der Waals surface area contributed by atoms with Gasteiger partial charge in [-0.1, -0.05) is 43.7 Å². The number of piperazine rings is 1. The molecule has 1 aromatic carbocycles. The third kappa shape index (κ3) is 3.32. The molecule has 2 fully saturated rings. The van der Waals surface area contributed by atoms with Crippen LogP contribution in [-0.2, 0) is 6.54 Å². The van der Waals surface area contributed by atoms with Crippen LogP contribution in [0.5, 0.6) is 0 Å². The third-order valence-electron chi connectivity index (χ3n) is 5.47. The van der Waals surface area contributed by atoms with Gasteiger partial charge in [0.1, 0.15) is 0 Å². The molecule has 0 spiro atoms. The van der Waals surface area contributed by atoms with Crippen LogP contribution >= 0.6 is 0 Å². The average Bonchev–Trinajstić information content (AvgIpc) is 3.26. The summed E-state index contributed by atoms with van der Waals surface area (Å²) in [6.07, 6.45) is 2.82. The van der Waals surface area contributed by atoms with E-state index in [-0.39, 0.29) is 0 Å². The highest BCUT2D eigenvalue weighted by Gasteiger charge is 2.46. The molecular formula is C19H30N2. The lowest BCUT2D eigenvalue weighted by atomic mass is 9.88. The summed E-state index contributed by atoms with van der Waals surface area (Å²) in [6.45, 7) is 12.7. The largest absolute Gasteiger partial charge is 0.308 e. The Morgan fingerprint density at radius 1 is 1.24 bits per heavy atom. The van der Waals surface area contributed by atoms with E-state index in [1.807, 2.05) is 0 Å². The van der Waals surface area contributed by atoms with Gasteiger partial charge in [-0.3, -0.25) is 4.90 Å². The van der Waals surface area contributed by atoms with Crippen molar-refractivity contribution in [3.05, 3.63) is 35.4 Å². The first-order chi connectivity index (χ1) is 9.98. The van der Waals surface area contributed by atoms with Crippen molar-refractivity contribution in [3.63, 3.8) is 0 Å². The first-order valence-corrected chi connectivity index (χ1v) is 8.52. The Kier molecular flexibility index (Phi) is 4.11. The van der Waals surface area contributed by atoms with Crippen molar-refractivity contribution < 1.29 is 0 Å². The summed E-state index contributed by atoms with van der Waals surface area (Å²) in [4.78, 5) is 2.73. The van der Waals surface area contributed by atoms with E-state index in [0.29, 0.717) is 17.5 Å². The van der Waals surface area contributed by atoms with Crippen molar-refractivity contribution in [1.82, 2.24) is 10.2 Å². The summed E-state index contributed by atoms with van der Waals surface area (Å²) in [6, 6.07) is 9.72. The van der Waals surface area contributed by atoms with Gasteiger partial charge >= 0.3 is 0 Å². The van der Waals surface area contributed by atoms with Crippen molar-refractivity contribution in [1.29, 1.82) is 0 Å². The highest BCUT2D eigenvalue weighted by molar-refractivity contribution is 5.21. The molecular weight excluding hydrogens is 256 g/mol. The van der Waals surface area contributed by atoms with Gasteiger partial charge in [0.05, 0.1) is 0 Å². The Bertz CT molecular complexity index is 475. The minimum absolute atomic E-state index is 0.329. The Labute approximate surface area is 129 Å². The van der Waals surface area contributed by atoms with E-state index < -0.39 is 0 Å². The van der Waals surface area contributed by atoms with E-state index in [1.54, 1.807) is 0 Å². The minimum atomic E-state index is 0.329. The number of hydrogen-bond donors (Lipinski definition) is 1. The molecule has 1 aliphatic carbocycles. The fraction of sp³-hybridized carbons (Fsp3) is 0.684. The van der Waals surface area contributed by atoms with Gasteiger partial charge in [0.15, 0.2) is 0 Å². The predicted octanol–water partition coefficient (Wildman–Crippen LogP) is 3.59. The van der Waals surface area contributed by atoms with Crippen LogP contribution < -0.4 is 5.32 Å². The van der Waals surface area contributed by atoms with E-state index >= 15 is 0 Å². The van der Waals surface area contributed by atoms with Gasteiger partial charge in [-0.15, -0.1) is 0 Å².